The summed E-state index contributed by atoms with van der Waals surface area (Å²) in [5, 5.41) is 2.74. The minimum absolute atomic E-state index is 0. The third kappa shape index (κ3) is 5.39. The molecule has 1 amide bonds. The van der Waals surface area contributed by atoms with Gasteiger partial charge in [-0.1, -0.05) is 11.6 Å². The van der Waals surface area contributed by atoms with Crippen molar-refractivity contribution >= 4 is 35.6 Å². The molecule has 1 fully saturated rings. The van der Waals surface area contributed by atoms with E-state index in [0.717, 1.165) is 25.9 Å². The summed E-state index contributed by atoms with van der Waals surface area (Å²) in [6.45, 7) is 4.12. The molecule has 3 N–H and O–H groups in total. The Bertz CT molecular complexity index is 506. The largest absolute Gasteiger partial charge is 0.328 e. The second kappa shape index (κ2) is 8.67. The minimum atomic E-state index is -0.493. The molecule has 0 saturated carbocycles. The van der Waals surface area contributed by atoms with Crippen LogP contribution in [0.1, 0.15) is 19.8 Å². The number of carbonyl (C=O) groups is 1. The average Bonchev–Trinajstić information content (AvgIpc) is 2.43. The van der Waals surface area contributed by atoms with E-state index in [2.05, 4.69) is 10.2 Å². The van der Waals surface area contributed by atoms with Gasteiger partial charge < -0.3 is 11.1 Å². The van der Waals surface area contributed by atoms with Crippen LogP contribution in [0.5, 0.6) is 0 Å². The lowest BCUT2D eigenvalue weighted by molar-refractivity contribution is -0.117. The molecule has 0 aliphatic carbocycles. The fourth-order valence-electron chi connectivity index (χ4n) is 2.61. The van der Waals surface area contributed by atoms with Crippen molar-refractivity contribution in [3.8, 4) is 0 Å². The lowest BCUT2D eigenvalue weighted by Gasteiger charge is -2.33. The molecule has 2 rings (SSSR count). The molecule has 0 radical (unpaired) electrons. The van der Waals surface area contributed by atoms with E-state index in [-0.39, 0.29) is 29.4 Å². The highest BCUT2D eigenvalue weighted by molar-refractivity contribution is 6.31. The second-order valence-corrected chi connectivity index (χ2v) is 6.06. The van der Waals surface area contributed by atoms with Gasteiger partial charge in [-0.25, -0.2) is 4.39 Å². The van der Waals surface area contributed by atoms with E-state index in [1.54, 1.807) is 0 Å². The predicted octanol–water partition coefficient (Wildman–Crippen LogP) is 2.90. The molecule has 1 atom stereocenters. The summed E-state index contributed by atoms with van der Waals surface area (Å²) < 4.78 is 13.0. The van der Waals surface area contributed by atoms with Crippen molar-refractivity contribution in [2.24, 2.45) is 11.7 Å². The number of nitrogens with one attached hydrogen (secondary N) is 1. The van der Waals surface area contributed by atoms with Crippen LogP contribution in [-0.2, 0) is 4.79 Å². The normalized spacial score (nSPS) is 17.6. The van der Waals surface area contributed by atoms with Gasteiger partial charge >= 0.3 is 0 Å². The fraction of sp³-hybridized carbons (Fsp3) is 0.533. The summed E-state index contributed by atoms with van der Waals surface area (Å²) >= 11 is 5.69. The number of hydrogen-bond donors (Lipinski definition) is 2. The lowest BCUT2D eigenvalue weighted by Crippen LogP contribution is -2.42. The van der Waals surface area contributed by atoms with E-state index in [0.29, 0.717) is 18.2 Å². The van der Waals surface area contributed by atoms with Crippen molar-refractivity contribution in [3.05, 3.63) is 29.0 Å². The van der Waals surface area contributed by atoms with Gasteiger partial charge in [0, 0.05) is 11.7 Å². The van der Waals surface area contributed by atoms with E-state index in [1.165, 1.54) is 18.2 Å². The highest BCUT2D eigenvalue weighted by Gasteiger charge is 2.23. The molecular weight excluding hydrogens is 328 g/mol. The Labute approximate surface area is 141 Å². The highest BCUT2D eigenvalue weighted by Crippen LogP contribution is 2.21. The zero-order valence-electron chi connectivity index (χ0n) is 12.5. The number of carbonyl (C=O) groups excluding carboxylic acids is 1. The van der Waals surface area contributed by atoms with Crippen LogP contribution < -0.4 is 11.1 Å². The van der Waals surface area contributed by atoms with Gasteiger partial charge in [0.05, 0.1) is 11.6 Å². The summed E-state index contributed by atoms with van der Waals surface area (Å²) in [6, 6.07) is 4.37. The van der Waals surface area contributed by atoms with Crippen LogP contribution in [0.25, 0.3) is 0 Å². The predicted molar refractivity (Wildman–Crippen MR) is 90.1 cm³/mol. The van der Waals surface area contributed by atoms with Gasteiger partial charge in [0.1, 0.15) is 5.82 Å². The molecule has 1 heterocycles. The fourth-order valence-corrected chi connectivity index (χ4v) is 2.79. The van der Waals surface area contributed by atoms with Crippen molar-refractivity contribution in [1.82, 2.24) is 4.90 Å². The van der Waals surface area contributed by atoms with Crippen molar-refractivity contribution < 1.29 is 9.18 Å². The van der Waals surface area contributed by atoms with Gasteiger partial charge in [0.25, 0.3) is 0 Å². The molecule has 4 nitrogen and oxygen atoms in total. The topological polar surface area (TPSA) is 58.4 Å². The van der Waals surface area contributed by atoms with Crippen LogP contribution >= 0.6 is 24.0 Å². The van der Waals surface area contributed by atoms with Crippen LogP contribution in [0.4, 0.5) is 10.1 Å². The van der Waals surface area contributed by atoms with Crippen LogP contribution in [0.2, 0.25) is 5.02 Å². The maximum absolute atomic E-state index is 13.0. The van der Waals surface area contributed by atoms with Crippen molar-refractivity contribution in [2.45, 2.75) is 25.8 Å². The van der Waals surface area contributed by atoms with Gasteiger partial charge in [-0.05, 0) is 57.0 Å². The smallest absolute Gasteiger partial charge is 0.238 e. The Hall–Kier alpha value is -0.880. The summed E-state index contributed by atoms with van der Waals surface area (Å²) in [5.41, 5.74) is 6.41. The molecule has 0 aromatic heterocycles. The van der Waals surface area contributed by atoms with Gasteiger partial charge in [-0.3, -0.25) is 9.69 Å². The molecule has 1 aliphatic rings. The number of hydrogen-bond acceptors (Lipinski definition) is 3. The summed E-state index contributed by atoms with van der Waals surface area (Å²) in [4.78, 5) is 14.1. The van der Waals surface area contributed by atoms with Crippen LogP contribution in [0.15, 0.2) is 18.2 Å². The molecule has 1 aromatic carbocycles. The number of rotatable bonds is 4. The highest BCUT2D eigenvalue weighted by atomic mass is 35.5. The number of amides is 1. The first-order chi connectivity index (χ1) is 9.95. The molecule has 124 valence electrons. The third-order valence-corrected chi connectivity index (χ3v) is 4.24. The van der Waals surface area contributed by atoms with Gasteiger partial charge in [-0.15, -0.1) is 12.4 Å². The van der Waals surface area contributed by atoms with E-state index in [1.807, 2.05) is 6.92 Å². The Morgan fingerprint density at radius 2 is 2.14 bits per heavy atom. The lowest BCUT2D eigenvalue weighted by atomic mass is 9.91. The number of benzene rings is 1. The average molecular weight is 350 g/mol. The van der Waals surface area contributed by atoms with E-state index < -0.39 is 5.82 Å². The monoisotopic (exact) mass is 349 g/mol. The molecule has 1 aromatic rings. The molecule has 1 saturated heterocycles. The number of likely N-dealkylation sites (tertiary alicyclic amines) is 1. The SMILES string of the molecule is CC(N)C1CCN(CC(=O)Nc2ccc(F)c(Cl)c2)CC1.Cl. The molecule has 1 aliphatic heterocycles. The number of nitrogens with two attached hydrogens (primary N) is 1. The molecular formula is C15H22Cl2FN3O. The number of halogens is 3. The quantitative estimate of drug-likeness (QED) is 0.878. The maximum atomic E-state index is 13.0. The van der Waals surface area contributed by atoms with Crippen molar-refractivity contribution in [3.63, 3.8) is 0 Å². The summed E-state index contributed by atoms with van der Waals surface area (Å²) in [5.74, 6) is -0.0650. The first-order valence-corrected chi connectivity index (χ1v) is 7.56. The van der Waals surface area contributed by atoms with Crippen molar-refractivity contribution in [2.75, 3.05) is 25.0 Å². The zero-order valence-corrected chi connectivity index (χ0v) is 14.1. The summed E-state index contributed by atoms with van der Waals surface area (Å²) in [7, 11) is 0. The Kier molecular flexibility index (Phi) is 7.56. The number of piperidine rings is 1. The van der Waals surface area contributed by atoms with E-state index in [9.17, 15) is 9.18 Å². The maximum Gasteiger partial charge on any atom is 0.238 e. The number of nitrogens with zero attached hydrogens (tertiary/aromatic N) is 1. The molecule has 1 unspecified atom stereocenters. The molecule has 22 heavy (non-hydrogen) atoms. The van der Waals surface area contributed by atoms with Gasteiger partial charge in [0.15, 0.2) is 0 Å². The van der Waals surface area contributed by atoms with Gasteiger partial charge in [0.2, 0.25) is 5.91 Å². The summed E-state index contributed by atoms with van der Waals surface area (Å²) in [6.07, 6.45) is 2.04. The Morgan fingerprint density at radius 1 is 1.50 bits per heavy atom. The first-order valence-electron chi connectivity index (χ1n) is 7.18. The van der Waals surface area contributed by atoms with Crippen LogP contribution in [0, 0.1) is 11.7 Å². The molecule has 0 spiro atoms. The molecule has 7 heteroatoms. The third-order valence-electron chi connectivity index (χ3n) is 3.95. The second-order valence-electron chi connectivity index (χ2n) is 5.65. The minimum Gasteiger partial charge on any atom is -0.328 e. The van der Waals surface area contributed by atoms with Crippen molar-refractivity contribution in [1.29, 1.82) is 0 Å². The van der Waals surface area contributed by atoms with Gasteiger partial charge in [-0.2, -0.15) is 0 Å². The number of anilines is 1. The Morgan fingerprint density at radius 3 is 2.68 bits per heavy atom. The van der Waals surface area contributed by atoms with Crippen LogP contribution in [-0.4, -0.2) is 36.5 Å². The van der Waals surface area contributed by atoms with Crippen LogP contribution in [0.3, 0.4) is 0 Å². The zero-order chi connectivity index (χ0) is 15.4. The standard InChI is InChI=1S/C15H21ClFN3O.ClH/c1-10(18)11-4-6-20(7-5-11)9-15(21)19-12-2-3-14(17)13(16)8-12;/h2-3,8,10-11H,4-7,9,18H2,1H3,(H,19,21);1H. The van der Waals surface area contributed by atoms with E-state index in [4.69, 9.17) is 17.3 Å². The van der Waals surface area contributed by atoms with E-state index >= 15 is 0 Å². The first kappa shape index (κ1) is 19.2. The Balaban J connectivity index is 0.00000242. The molecule has 0 bridgehead atoms.